The van der Waals surface area contributed by atoms with E-state index in [-0.39, 0.29) is 17.5 Å². The molecule has 1 fully saturated rings. The van der Waals surface area contributed by atoms with Crippen LogP contribution in [-0.4, -0.2) is 46.0 Å². The molecule has 0 aliphatic carbocycles. The van der Waals surface area contributed by atoms with Crippen molar-refractivity contribution in [3.63, 3.8) is 0 Å². The lowest BCUT2D eigenvalue weighted by atomic mass is 10.0. The van der Waals surface area contributed by atoms with Gasteiger partial charge in [0.15, 0.2) is 0 Å². The predicted octanol–water partition coefficient (Wildman–Crippen LogP) is 0.863. The third-order valence-corrected chi connectivity index (χ3v) is 3.41. The van der Waals surface area contributed by atoms with Gasteiger partial charge in [-0.3, -0.25) is 10.1 Å². The monoisotopic (exact) mass is 266 g/mol. The Bertz CT molecular complexity index is 466. The first kappa shape index (κ1) is 13.5. The van der Waals surface area contributed by atoms with Crippen LogP contribution in [0.1, 0.15) is 19.3 Å². The molecule has 19 heavy (non-hydrogen) atoms. The number of nitrogen functional groups attached to an aromatic ring is 1. The van der Waals surface area contributed by atoms with E-state index < -0.39 is 4.92 Å². The second-order valence-corrected chi connectivity index (χ2v) is 4.73. The summed E-state index contributed by atoms with van der Waals surface area (Å²) in [7, 11) is 2.06. The molecule has 0 spiro atoms. The third kappa shape index (κ3) is 3.28. The second-order valence-electron chi connectivity index (χ2n) is 4.73. The van der Waals surface area contributed by atoms with Crippen molar-refractivity contribution in [3.05, 3.63) is 16.3 Å². The van der Waals surface area contributed by atoms with Crippen molar-refractivity contribution < 1.29 is 4.92 Å². The van der Waals surface area contributed by atoms with Crippen LogP contribution in [0, 0.1) is 10.1 Å². The molecule has 8 nitrogen and oxygen atoms in total. The molecule has 3 N–H and O–H groups in total. The molecule has 1 aromatic rings. The van der Waals surface area contributed by atoms with Crippen molar-refractivity contribution in [1.29, 1.82) is 0 Å². The molecule has 1 aromatic heterocycles. The molecule has 0 aromatic carbocycles. The maximum atomic E-state index is 10.9. The van der Waals surface area contributed by atoms with Gasteiger partial charge in [-0.2, -0.15) is 4.98 Å². The number of hydrogen-bond donors (Lipinski definition) is 2. The zero-order chi connectivity index (χ0) is 13.8. The first-order valence-electron chi connectivity index (χ1n) is 6.29. The minimum Gasteiger partial charge on any atom is -0.368 e. The fraction of sp³-hybridized carbons (Fsp3) is 0.636. The summed E-state index contributed by atoms with van der Waals surface area (Å²) in [5.41, 5.74) is 5.32. The van der Waals surface area contributed by atoms with Crippen molar-refractivity contribution in [2.24, 2.45) is 0 Å². The predicted molar refractivity (Wildman–Crippen MR) is 71.9 cm³/mol. The summed E-state index contributed by atoms with van der Waals surface area (Å²) in [6.45, 7) is 1.67. The smallest absolute Gasteiger partial charge is 0.329 e. The number of rotatable bonds is 4. The van der Waals surface area contributed by atoms with Crippen molar-refractivity contribution in [3.8, 4) is 0 Å². The van der Waals surface area contributed by atoms with E-state index in [0.29, 0.717) is 12.6 Å². The molecule has 0 saturated carbocycles. The van der Waals surface area contributed by atoms with E-state index in [9.17, 15) is 10.1 Å². The first-order chi connectivity index (χ1) is 9.08. The SMILES string of the molecule is CN1CCCCC1CNc1nc(N)ncc1[N+](=O)[O-]. The minimum absolute atomic E-state index is 0.0325. The van der Waals surface area contributed by atoms with Crippen molar-refractivity contribution >= 4 is 17.5 Å². The van der Waals surface area contributed by atoms with Crippen LogP contribution in [-0.2, 0) is 0 Å². The summed E-state index contributed by atoms with van der Waals surface area (Å²) in [6.07, 6.45) is 4.60. The highest BCUT2D eigenvalue weighted by Gasteiger charge is 2.21. The van der Waals surface area contributed by atoms with Crippen LogP contribution in [0.15, 0.2) is 6.20 Å². The van der Waals surface area contributed by atoms with Gasteiger partial charge in [0.05, 0.1) is 4.92 Å². The number of aromatic nitrogens is 2. The van der Waals surface area contributed by atoms with E-state index in [4.69, 9.17) is 5.73 Å². The topological polar surface area (TPSA) is 110 Å². The van der Waals surface area contributed by atoms with Gasteiger partial charge in [0, 0.05) is 12.6 Å². The van der Waals surface area contributed by atoms with Gasteiger partial charge in [-0.15, -0.1) is 0 Å². The molecule has 1 saturated heterocycles. The Balaban J connectivity index is 2.05. The van der Waals surface area contributed by atoms with E-state index in [1.54, 1.807) is 0 Å². The fourth-order valence-corrected chi connectivity index (χ4v) is 2.27. The summed E-state index contributed by atoms with van der Waals surface area (Å²) in [6, 6.07) is 0.365. The Morgan fingerprint density at radius 1 is 1.63 bits per heavy atom. The van der Waals surface area contributed by atoms with Gasteiger partial charge in [0.25, 0.3) is 0 Å². The minimum atomic E-state index is -0.508. The quantitative estimate of drug-likeness (QED) is 0.614. The molecular weight excluding hydrogens is 248 g/mol. The zero-order valence-electron chi connectivity index (χ0n) is 10.9. The Hall–Kier alpha value is -1.96. The van der Waals surface area contributed by atoms with Gasteiger partial charge >= 0.3 is 5.69 Å². The number of nitrogens with two attached hydrogens (primary N) is 1. The van der Waals surface area contributed by atoms with E-state index in [0.717, 1.165) is 19.2 Å². The van der Waals surface area contributed by atoms with Gasteiger partial charge in [0.1, 0.15) is 6.20 Å². The Kier molecular flexibility index (Phi) is 4.10. The highest BCUT2D eigenvalue weighted by Crippen LogP contribution is 2.22. The second kappa shape index (κ2) is 5.79. The Morgan fingerprint density at radius 3 is 3.11 bits per heavy atom. The zero-order valence-corrected chi connectivity index (χ0v) is 10.9. The van der Waals surface area contributed by atoms with Crippen LogP contribution in [0.4, 0.5) is 17.5 Å². The Morgan fingerprint density at radius 2 is 2.42 bits per heavy atom. The van der Waals surface area contributed by atoms with Crippen LogP contribution in [0.2, 0.25) is 0 Å². The maximum absolute atomic E-state index is 10.9. The standard InChI is InChI=1S/C11H18N6O2/c1-16-5-3-2-4-8(16)6-13-10-9(17(18)19)7-14-11(12)15-10/h7-8H,2-6H2,1H3,(H3,12,13,14,15). The number of piperidine rings is 1. The van der Waals surface area contributed by atoms with Crippen LogP contribution in [0.3, 0.4) is 0 Å². The average Bonchev–Trinajstić information content (AvgIpc) is 2.37. The molecular formula is C11H18N6O2. The lowest BCUT2D eigenvalue weighted by molar-refractivity contribution is -0.384. The van der Waals surface area contributed by atoms with Crippen LogP contribution >= 0.6 is 0 Å². The van der Waals surface area contributed by atoms with Crippen molar-refractivity contribution in [2.75, 3.05) is 31.2 Å². The summed E-state index contributed by atoms with van der Waals surface area (Å²) >= 11 is 0. The largest absolute Gasteiger partial charge is 0.368 e. The van der Waals surface area contributed by atoms with Gasteiger partial charge in [0.2, 0.25) is 11.8 Å². The van der Waals surface area contributed by atoms with E-state index >= 15 is 0 Å². The highest BCUT2D eigenvalue weighted by atomic mass is 16.6. The van der Waals surface area contributed by atoms with Gasteiger partial charge in [-0.1, -0.05) is 6.42 Å². The van der Waals surface area contributed by atoms with Gasteiger partial charge in [-0.05, 0) is 26.4 Å². The highest BCUT2D eigenvalue weighted by molar-refractivity contribution is 5.56. The normalized spacial score (nSPS) is 20.2. The molecule has 104 valence electrons. The fourth-order valence-electron chi connectivity index (χ4n) is 2.27. The molecule has 1 unspecified atom stereocenters. The molecule has 2 rings (SSSR count). The first-order valence-corrected chi connectivity index (χ1v) is 6.29. The number of likely N-dealkylation sites (tertiary alicyclic amines) is 1. The van der Waals surface area contributed by atoms with Crippen LogP contribution in [0.25, 0.3) is 0 Å². The number of nitrogens with zero attached hydrogens (tertiary/aromatic N) is 4. The average molecular weight is 266 g/mol. The lowest BCUT2D eigenvalue weighted by Gasteiger charge is -2.32. The Labute approximate surface area is 111 Å². The molecule has 0 amide bonds. The molecule has 1 aliphatic heterocycles. The molecule has 1 atom stereocenters. The number of nitrogens with one attached hydrogen (secondary N) is 1. The van der Waals surface area contributed by atoms with Gasteiger partial charge < -0.3 is 16.0 Å². The maximum Gasteiger partial charge on any atom is 0.329 e. The van der Waals surface area contributed by atoms with Crippen molar-refractivity contribution in [1.82, 2.24) is 14.9 Å². The third-order valence-electron chi connectivity index (χ3n) is 3.41. The molecule has 0 radical (unpaired) electrons. The number of likely N-dealkylation sites (N-methyl/N-ethyl adjacent to an activating group) is 1. The summed E-state index contributed by atoms with van der Waals surface area (Å²) < 4.78 is 0. The number of anilines is 2. The molecule has 0 bridgehead atoms. The van der Waals surface area contributed by atoms with Crippen LogP contribution < -0.4 is 11.1 Å². The number of hydrogen-bond acceptors (Lipinski definition) is 7. The summed E-state index contributed by atoms with van der Waals surface area (Å²) in [4.78, 5) is 20.2. The molecule has 1 aliphatic rings. The summed E-state index contributed by atoms with van der Waals surface area (Å²) in [5.74, 6) is 0.224. The van der Waals surface area contributed by atoms with E-state index in [1.807, 2.05) is 0 Å². The van der Waals surface area contributed by atoms with Crippen molar-refractivity contribution in [2.45, 2.75) is 25.3 Å². The van der Waals surface area contributed by atoms with E-state index in [1.165, 1.54) is 12.8 Å². The molecule has 2 heterocycles. The summed E-state index contributed by atoms with van der Waals surface area (Å²) in [5, 5.41) is 13.9. The lowest BCUT2D eigenvalue weighted by Crippen LogP contribution is -2.40. The van der Waals surface area contributed by atoms with Gasteiger partial charge in [-0.25, -0.2) is 4.98 Å². The van der Waals surface area contributed by atoms with Crippen LogP contribution in [0.5, 0.6) is 0 Å². The number of nitro groups is 1. The molecule has 8 heteroatoms. The van der Waals surface area contributed by atoms with E-state index in [2.05, 4.69) is 27.2 Å².